The van der Waals surface area contributed by atoms with Crippen molar-refractivity contribution in [1.82, 2.24) is 5.32 Å². The molecule has 148 valence electrons. The van der Waals surface area contributed by atoms with Gasteiger partial charge in [0.1, 0.15) is 5.75 Å². The number of anilines is 1. The zero-order valence-corrected chi connectivity index (χ0v) is 16.7. The molecule has 0 unspecified atom stereocenters. The number of hydrogen-bond donors (Lipinski definition) is 1. The Morgan fingerprint density at radius 1 is 1.03 bits per heavy atom. The average Bonchev–Trinajstić information content (AvgIpc) is 3.12. The Labute approximate surface area is 172 Å². The molecule has 1 heterocycles. The minimum atomic E-state index is -0.405. The Hall–Kier alpha value is -3.27. The fourth-order valence-corrected chi connectivity index (χ4v) is 3.81. The summed E-state index contributed by atoms with van der Waals surface area (Å²) in [6.07, 6.45) is 1.35. The first kappa shape index (κ1) is 19.1. The van der Waals surface area contributed by atoms with Gasteiger partial charge in [-0.25, -0.2) is 4.79 Å². The molecular weight excluding hydrogens is 360 g/mol. The van der Waals surface area contributed by atoms with Gasteiger partial charge in [-0.15, -0.1) is 0 Å². The van der Waals surface area contributed by atoms with E-state index in [1.807, 2.05) is 30.3 Å². The third-order valence-corrected chi connectivity index (χ3v) is 5.39. The van der Waals surface area contributed by atoms with E-state index in [0.717, 1.165) is 25.9 Å². The van der Waals surface area contributed by atoms with E-state index >= 15 is 0 Å². The van der Waals surface area contributed by atoms with Gasteiger partial charge in [0.15, 0.2) is 0 Å². The van der Waals surface area contributed by atoms with Crippen molar-refractivity contribution in [2.75, 3.05) is 18.0 Å². The number of amides is 1. The topological polar surface area (TPSA) is 41.6 Å². The molecule has 0 atom stereocenters. The Bertz CT molecular complexity index is 985. The lowest BCUT2D eigenvalue weighted by Gasteiger charge is -2.19. The fourth-order valence-electron chi connectivity index (χ4n) is 3.81. The molecule has 0 spiro atoms. The van der Waals surface area contributed by atoms with Crippen molar-refractivity contribution < 1.29 is 9.53 Å². The van der Waals surface area contributed by atoms with E-state index in [1.54, 1.807) is 0 Å². The number of benzene rings is 3. The van der Waals surface area contributed by atoms with Crippen molar-refractivity contribution in [2.45, 2.75) is 26.3 Å². The molecule has 29 heavy (non-hydrogen) atoms. The van der Waals surface area contributed by atoms with Gasteiger partial charge in [-0.05, 0) is 60.2 Å². The molecule has 0 radical (unpaired) electrons. The van der Waals surface area contributed by atoms with Crippen molar-refractivity contribution in [3.8, 4) is 5.75 Å². The molecule has 3 aromatic carbocycles. The lowest BCUT2D eigenvalue weighted by molar-refractivity contribution is 0.200. The summed E-state index contributed by atoms with van der Waals surface area (Å²) in [4.78, 5) is 14.5. The molecule has 1 N–H and O–H groups in total. The largest absolute Gasteiger partial charge is 0.412 e. The van der Waals surface area contributed by atoms with Gasteiger partial charge >= 0.3 is 6.09 Å². The predicted molar refractivity (Wildman–Crippen MR) is 117 cm³/mol. The highest BCUT2D eigenvalue weighted by atomic mass is 16.6. The minimum Gasteiger partial charge on any atom is -0.410 e. The van der Waals surface area contributed by atoms with Gasteiger partial charge in [0, 0.05) is 25.3 Å². The number of aryl methyl sites for hydroxylation is 1. The Morgan fingerprint density at radius 3 is 2.66 bits per heavy atom. The standard InChI is InChI=1S/C25H26N2O2/c1-19-7-5-6-10-21(19)13-15-26-25(28)29-23-11-12-24-22(17-23)14-16-27(24)18-20-8-3-2-4-9-20/h2-12,17H,13-16,18H2,1H3,(H,26,28). The summed E-state index contributed by atoms with van der Waals surface area (Å²) in [5.41, 5.74) is 6.23. The lowest BCUT2D eigenvalue weighted by Crippen LogP contribution is -2.28. The highest BCUT2D eigenvalue weighted by Crippen LogP contribution is 2.32. The first-order valence-corrected chi connectivity index (χ1v) is 10.1. The Morgan fingerprint density at radius 2 is 1.83 bits per heavy atom. The van der Waals surface area contributed by atoms with Gasteiger partial charge in [-0.2, -0.15) is 0 Å². The second-order valence-corrected chi connectivity index (χ2v) is 7.44. The van der Waals surface area contributed by atoms with Crippen LogP contribution in [0.15, 0.2) is 72.8 Å². The van der Waals surface area contributed by atoms with Crippen molar-refractivity contribution in [3.05, 3.63) is 95.1 Å². The van der Waals surface area contributed by atoms with Crippen molar-refractivity contribution >= 4 is 11.8 Å². The third kappa shape index (κ3) is 4.77. The molecule has 4 nitrogen and oxygen atoms in total. The summed E-state index contributed by atoms with van der Waals surface area (Å²) < 4.78 is 5.49. The number of fused-ring (bicyclic) bond motifs is 1. The maximum absolute atomic E-state index is 12.1. The molecule has 1 aliphatic heterocycles. The van der Waals surface area contributed by atoms with E-state index in [2.05, 4.69) is 59.6 Å². The summed E-state index contributed by atoms with van der Waals surface area (Å²) in [5.74, 6) is 0.596. The summed E-state index contributed by atoms with van der Waals surface area (Å²) in [5, 5.41) is 2.84. The van der Waals surface area contributed by atoms with Crippen molar-refractivity contribution in [1.29, 1.82) is 0 Å². The molecule has 0 aliphatic carbocycles. The zero-order chi connectivity index (χ0) is 20.1. The van der Waals surface area contributed by atoms with Crippen LogP contribution in [0.1, 0.15) is 22.3 Å². The first-order valence-electron chi connectivity index (χ1n) is 10.1. The molecule has 3 aromatic rings. The fraction of sp³-hybridized carbons (Fsp3) is 0.240. The van der Waals surface area contributed by atoms with E-state index in [0.29, 0.717) is 12.3 Å². The van der Waals surface area contributed by atoms with Crippen LogP contribution in [-0.4, -0.2) is 19.2 Å². The molecule has 0 aromatic heterocycles. The smallest absolute Gasteiger partial charge is 0.410 e. The average molecular weight is 386 g/mol. The van der Waals surface area contributed by atoms with Crippen molar-refractivity contribution in [3.63, 3.8) is 0 Å². The number of nitrogens with one attached hydrogen (secondary N) is 1. The number of hydrogen-bond acceptors (Lipinski definition) is 3. The van der Waals surface area contributed by atoms with Crippen LogP contribution in [-0.2, 0) is 19.4 Å². The van der Waals surface area contributed by atoms with Gasteiger partial charge in [-0.3, -0.25) is 0 Å². The first-order chi connectivity index (χ1) is 14.2. The van der Waals surface area contributed by atoms with Crippen LogP contribution in [0.2, 0.25) is 0 Å². The van der Waals surface area contributed by atoms with Crippen LogP contribution in [0, 0.1) is 6.92 Å². The van der Waals surface area contributed by atoms with Gasteiger partial charge in [-0.1, -0.05) is 54.6 Å². The third-order valence-electron chi connectivity index (χ3n) is 5.39. The molecular formula is C25H26N2O2. The predicted octanol–water partition coefficient (Wildman–Crippen LogP) is 4.89. The lowest BCUT2D eigenvalue weighted by atomic mass is 10.1. The number of ether oxygens (including phenoxy) is 1. The summed E-state index contributed by atoms with van der Waals surface area (Å²) in [6, 6.07) is 24.6. The monoisotopic (exact) mass is 386 g/mol. The molecule has 1 aliphatic rings. The SMILES string of the molecule is Cc1ccccc1CCNC(=O)Oc1ccc2c(c1)CCN2Cc1ccccc1. The number of carbonyl (C=O) groups is 1. The summed E-state index contributed by atoms with van der Waals surface area (Å²) in [6.45, 7) is 4.52. The molecule has 4 rings (SSSR count). The molecule has 0 saturated carbocycles. The minimum absolute atomic E-state index is 0.405. The second-order valence-electron chi connectivity index (χ2n) is 7.44. The van der Waals surface area contributed by atoms with Crippen LogP contribution >= 0.6 is 0 Å². The highest BCUT2D eigenvalue weighted by Gasteiger charge is 2.20. The van der Waals surface area contributed by atoms with Crippen LogP contribution < -0.4 is 15.0 Å². The Balaban J connectivity index is 1.31. The quantitative estimate of drug-likeness (QED) is 0.656. The van der Waals surface area contributed by atoms with Crippen molar-refractivity contribution in [2.24, 2.45) is 0 Å². The van der Waals surface area contributed by atoms with Gasteiger partial charge in [0.2, 0.25) is 0 Å². The number of rotatable bonds is 6. The molecule has 0 bridgehead atoms. The van der Waals surface area contributed by atoms with Crippen LogP contribution in [0.25, 0.3) is 0 Å². The summed E-state index contributed by atoms with van der Waals surface area (Å²) >= 11 is 0. The van der Waals surface area contributed by atoms with Gasteiger partial charge in [0.25, 0.3) is 0 Å². The number of nitrogens with zero attached hydrogens (tertiary/aromatic N) is 1. The molecule has 0 saturated heterocycles. The maximum Gasteiger partial charge on any atom is 0.412 e. The van der Waals surface area contributed by atoms with Crippen LogP contribution in [0.3, 0.4) is 0 Å². The van der Waals surface area contributed by atoms with Gasteiger partial charge < -0.3 is 15.0 Å². The molecule has 1 amide bonds. The van der Waals surface area contributed by atoms with E-state index in [-0.39, 0.29) is 0 Å². The highest BCUT2D eigenvalue weighted by molar-refractivity contribution is 5.71. The van der Waals surface area contributed by atoms with Crippen LogP contribution in [0.4, 0.5) is 10.5 Å². The van der Waals surface area contributed by atoms with E-state index in [1.165, 1.54) is 27.9 Å². The van der Waals surface area contributed by atoms with Crippen LogP contribution in [0.5, 0.6) is 5.75 Å². The van der Waals surface area contributed by atoms with E-state index in [9.17, 15) is 4.79 Å². The Kier molecular flexibility index (Phi) is 5.80. The zero-order valence-electron chi connectivity index (χ0n) is 16.7. The molecule has 0 fully saturated rings. The van der Waals surface area contributed by atoms with E-state index < -0.39 is 6.09 Å². The maximum atomic E-state index is 12.1. The number of carbonyl (C=O) groups excluding carboxylic acids is 1. The van der Waals surface area contributed by atoms with E-state index in [4.69, 9.17) is 4.74 Å². The normalized spacial score (nSPS) is 12.5. The second kappa shape index (κ2) is 8.82. The van der Waals surface area contributed by atoms with Gasteiger partial charge in [0.05, 0.1) is 0 Å². The summed E-state index contributed by atoms with van der Waals surface area (Å²) in [7, 11) is 0. The molecule has 4 heteroatoms.